The van der Waals surface area contributed by atoms with Crippen LogP contribution in [-0.4, -0.2) is 5.78 Å². The first-order valence-corrected chi connectivity index (χ1v) is 6.19. The Bertz CT molecular complexity index is 702. The number of alkyl halides is 3. The van der Waals surface area contributed by atoms with Crippen molar-refractivity contribution in [2.75, 3.05) is 0 Å². The quantitative estimate of drug-likeness (QED) is 0.561. The van der Waals surface area contributed by atoms with Crippen molar-refractivity contribution in [3.05, 3.63) is 58.9 Å². The van der Waals surface area contributed by atoms with Crippen molar-refractivity contribution >= 4 is 5.78 Å². The van der Waals surface area contributed by atoms with Crippen LogP contribution in [0, 0.1) is 12.7 Å². The number of Topliss-reactive ketones (excluding diaryl/α,β-unsaturated/α-hetero) is 1. The van der Waals surface area contributed by atoms with Gasteiger partial charge in [-0.3, -0.25) is 4.79 Å². The lowest BCUT2D eigenvalue weighted by Crippen LogP contribution is -2.05. The van der Waals surface area contributed by atoms with Crippen LogP contribution in [0.2, 0.25) is 0 Å². The van der Waals surface area contributed by atoms with Gasteiger partial charge in [0.25, 0.3) is 0 Å². The van der Waals surface area contributed by atoms with Crippen molar-refractivity contribution < 1.29 is 22.4 Å². The molecule has 1 nitrogen and oxygen atoms in total. The van der Waals surface area contributed by atoms with E-state index in [1.54, 1.807) is 13.0 Å². The summed E-state index contributed by atoms with van der Waals surface area (Å²) in [7, 11) is 0. The number of hydrogen-bond donors (Lipinski definition) is 0. The number of rotatable bonds is 2. The number of ketones is 1. The second-order valence-electron chi connectivity index (χ2n) is 4.78. The molecular weight excluding hydrogens is 284 g/mol. The number of halogens is 4. The summed E-state index contributed by atoms with van der Waals surface area (Å²) in [6.07, 6.45) is -4.55. The van der Waals surface area contributed by atoms with Crippen molar-refractivity contribution in [1.82, 2.24) is 0 Å². The maximum atomic E-state index is 13.8. The van der Waals surface area contributed by atoms with Crippen molar-refractivity contribution in [1.29, 1.82) is 0 Å². The number of benzene rings is 2. The fraction of sp³-hybridized carbons (Fsp3) is 0.188. The van der Waals surface area contributed by atoms with E-state index < -0.39 is 17.6 Å². The van der Waals surface area contributed by atoms with E-state index in [0.29, 0.717) is 17.2 Å². The predicted octanol–water partition coefficient (Wildman–Crippen LogP) is 5.02. The van der Waals surface area contributed by atoms with Gasteiger partial charge in [-0.25, -0.2) is 4.39 Å². The minimum absolute atomic E-state index is 0.174. The minimum Gasteiger partial charge on any atom is -0.295 e. The van der Waals surface area contributed by atoms with Crippen LogP contribution in [0.1, 0.15) is 28.4 Å². The average Bonchev–Trinajstić information content (AvgIpc) is 2.38. The summed E-state index contributed by atoms with van der Waals surface area (Å²) < 4.78 is 52.0. The molecule has 0 aliphatic carbocycles. The maximum absolute atomic E-state index is 13.8. The van der Waals surface area contributed by atoms with Gasteiger partial charge in [0, 0.05) is 11.1 Å². The summed E-state index contributed by atoms with van der Waals surface area (Å²) in [5, 5.41) is 0. The zero-order chi connectivity index (χ0) is 15.8. The molecule has 0 radical (unpaired) electrons. The molecule has 0 heterocycles. The van der Waals surface area contributed by atoms with Crippen LogP contribution < -0.4 is 0 Å². The van der Waals surface area contributed by atoms with Gasteiger partial charge in [-0.1, -0.05) is 12.1 Å². The Morgan fingerprint density at radius 1 is 1.05 bits per heavy atom. The highest BCUT2D eigenvalue weighted by Crippen LogP contribution is 2.34. The molecular formula is C16H12F4O. The standard InChI is InChI=1S/C16H12F4O/c1-9-3-4-11(7-13(9)10(2)21)14-8-12(16(18,19)20)5-6-15(14)17/h3-8H,1-2H3. The van der Waals surface area contributed by atoms with Crippen LogP contribution in [0.15, 0.2) is 36.4 Å². The molecule has 0 spiro atoms. The maximum Gasteiger partial charge on any atom is 0.416 e. The van der Waals surface area contributed by atoms with E-state index in [9.17, 15) is 22.4 Å². The first-order valence-electron chi connectivity index (χ1n) is 6.19. The smallest absolute Gasteiger partial charge is 0.295 e. The summed E-state index contributed by atoms with van der Waals surface area (Å²) >= 11 is 0. The number of hydrogen-bond acceptors (Lipinski definition) is 1. The lowest BCUT2D eigenvalue weighted by atomic mass is 9.96. The van der Waals surface area contributed by atoms with E-state index in [1.807, 2.05) is 0 Å². The Balaban J connectivity index is 2.61. The van der Waals surface area contributed by atoms with Crippen LogP contribution in [0.25, 0.3) is 11.1 Å². The molecule has 21 heavy (non-hydrogen) atoms. The fourth-order valence-corrected chi connectivity index (χ4v) is 2.09. The number of carbonyl (C=O) groups is 1. The monoisotopic (exact) mass is 296 g/mol. The molecule has 0 atom stereocenters. The lowest BCUT2D eigenvalue weighted by Gasteiger charge is -2.11. The van der Waals surface area contributed by atoms with Gasteiger partial charge in [-0.15, -0.1) is 0 Å². The van der Waals surface area contributed by atoms with Crippen LogP contribution in [0.3, 0.4) is 0 Å². The molecule has 0 aliphatic heterocycles. The summed E-state index contributed by atoms with van der Waals surface area (Å²) in [6, 6.07) is 6.73. The van der Waals surface area contributed by atoms with Gasteiger partial charge in [0.15, 0.2) is 5.78 Å². The van der Waals surface area contributed by atoms with E-state index in [4.69, 9.17) is 0 Å². The highest BCUT2D eigenvalue weighted by molar-refractivity contribution is 5.96. The molecule has 0 aromatic heterocycles. The minimum atomic E-state index is -4.55. The second kappa shape index (κ2) is 5.31. The summed E-state index contributed by atoms with van der Waals surface area (Å²) in [5.74, 6) is -0.983. The number of carbonyl (C=O) groups excluding carboxylic acids is 1. The molecule has 2 aromatic rings. The predicted molar refractivity (Wildman–Crippen MR) is 71.6 cm³/mol. The Morgan fingerprint density at radius 2 is 1.71 bits per heavy atom. The summed E-state index contributed by atoms with van der Waals surface area (Å²) in [5.41, 5.74) is 0.202. The molecule has 2 rings (SSSR count). The lowest BCUT2D eigenvalue weighted by molar-refractivity contribution is -0.137. The molecule has 2 aromatic carbocycles. The highest BCUT2D eigenvalue weighted by Gasteiger charge is 2.31. The molecule has 0 saturated carbocycles. The van der Waals surface area contributed by atoms with Crippen LogP contribution in [0.4, 0.5) is 17.6 Å². The van der Waals surface area contributed by atoms with Gasteiger partial charge in [0.1, 0.15) is 5.82 Å². The van der Waals surface area contributed by atoms with Gasteiger partial charge >= 0.3 is 6.18 Å². The molecule has 0 N–H and O–H groups in total. The van der Waals surface area contributed by atoms with Crippen molar-refractivity contribution in [3.63, 3.8) is 0 Å². The molecule has 0 unspecified atom stereocenters. The van der Waals surface area contributed by atoms with Crippen LogP contribution in [-0.2, 0) is 6.18 Å². The van der Waals surface area contributed by atoms with Gasteiger partial charge < -0.3 is 0 Å². The zero-order valence-electron chi connectivity index (χ0n) is 11.4. The average molecular weight is 296 g/mol. The molecule has 0 amide bonds. The Hall–Kier alpha value is -2.17. The topological polar surface area (TPSA) is 17.1 Å². The Kier molecular flexibility index (Phi) is 3.85. The Morgan fingerprint density at radius 3 is 2.29 bits per heavy atom. The van der Waals surface area contributed by atoms with E-state index in [2.05, 4.69) is 0 Å². The van der Waals surface area contributed by atoms with E-state index in [1.165, 1.54) is 19.1 Å². The molecule has 110 valence electrons. The normalized spacial score (nSPS) is 11.5. The van der Waals surface area contributed by atoms with E-state index in [-0.39, 0.29) is 16.9 Å². The van der Waals surface area contributed by atoms with Crippen LogP contribution >= 0.6 is 0 Å². The highest BCUT2D eigenvalue weighted by atomic mass is 19.4. The van der Waals surface area contributed by atoms with Gasteiger partial charge in [0.05, 0.1) is 5.56 Å². The second-order valence-corrected chi connectivity index (χ2v) is 4.78. The first-order chi connectivity index (χ1) is 9.70. The molecule has 0 fully saturated rings. The van der Waals surface area contributed by atoms with Crippen LogP contribution in [0.5, 0.6) is 0 Å². The van der Waals surface area contributed by atoms with Crippen molar-refractivity contribution in [2.24, 2.45) is 0 Å². The van der Waals surface area contributed by atoms with Gasteiger partial charge in [-0.05, 0) is 49.2 Å². The van der Waals surface area contributed by atoms with Crippen molar-refractivity contribution in [3.8, 4) is 11.1 Å². The summed E-state index contributed by atoms with van der Waals surface area (Å²) in [6.45, 7) is 3.07. The van der Waals surface area contributed by atoms with E-state index in [0.717, 1.165) is 12.1 Å². The van der Waals surface area contributed by atoms with Gasteiger partial charge in [0.2, 0.25) is 0 Å². The first kappa shape index (κ1) is 15.2. The Labute approximate surface area is 119 Å². The SMILES string of the molecule is CC(=O)c1cc(-c2cc(C(F)(F)F)ccc2F)ccc1C. The zero-order valence-corrected chi connectivity index (χ0v) is 11.4. The molecule has 0 bridgehead atoms. The molecule has 5 heteroatoms. The third-order valence-electron chi connectivity index (χ3n) is 3.22. The van der Waals surface area contributed by atoms with E-state index >= 15 is 0 Å². The molecule has 0 aliphatic rings. The fourth-order valence-electron chi connectivity index (χ4n) is 2.09. The van der Waals surface area contributed by atoms with Gasteiger partial charge in [-0.2, -0.15) is 13.2 Å². The largest absolute Gasteiger partial charge is 0.416 e. The van der Waals surface area contributed by atoms with Crippen molar-refractivity contribution in [2.45, 2.75) is 20.0 Å². The third-order valence-corrected chi connectivity index (χ3v) is 3.22. The number of aryl methyl sites for hydroxylation is 1. The third kappa shape index (κ3) is 3.12. The summed E-state index contributed by atoms with van der Waals surface area (Å²) in [4.78, 5) is 11.5. The molecule has 0 saturated heterocycles.